The number of hydrogen-bond acceptors (Lipinski definition) is 3. The zero-order valence-electron chi connectivity index (χ0n) is 12.3. The Morgan fingerprint density at radius 2 is 1.78 bits per heavy atom. The van der Waals surface area contributed by atoms with E-state index in [1.807, 2.05) is 0 Å². The fraction of sp³-hybridized carbons (Fsp3) is 0.923. The highest BCUT2D eigenvalue weighted by Crippen LogP contribution is 2.19. The number of nitrogens with two attached hydrogens (primary N) is 1. The van der Waals surface area contributed by atoms with E-state index in [2.05, 4.69) is 39.9 Å². The van der Waals surface area contributed by atoms with Crippen LogP contribution in [0.4, 0.5) is 0 Å². The van der Waals surface area contributed by atoms with Crippen molar-refractivity contribution in [1.82, 2.24) is 5.32 Å². The number of nitrogens with one attached hydrogen (secondary N) is 1. The fourth-order valence-corrected chi connectivity index (χ4v) is 2.59. The van der Waals surface area contributed by atoms with Gasteiger partial charge < -0.3 is 11.1 Å². The molecule has 1 amide bonds. The molecule has 18 heavy (non-hydrogen) atoms. The maximum absolute atomic E-state index is 12.1. The van der Waals surface area contributed by atoms with Gasteiger partial charge in [0.15, 0.2) is 0 Å². The van der Waals surface area contributed by atoms with Crippen molar-refractivity contribution in [3.05, 3.63) is 0 Å². The van der Waals surface area contributed by atoms with Crippen molar-refractivity contribution < 1.29 is 4.79 Å². The maximum atomic E-state index is 12.1. The van der Waals surface area contributed by atoms with E-state index >= 15 is 0 Å². The van der Waals surface area contributed by atoms with Gasteiger partial charge in [-0.1, -0.05) is 34.6 Å². The molecule has 1 atom stereocenters. The second-order valence-electron chi connectivity index (χ2n) is 4.91. The monoisotopic (exact) mass is 296 g/mol. The molecule has 1 unspecified atom stereocenters. The molecule has 0 aliphatic heterocycles. The summed E-state index contributed by atoms with van der Waals surface area (Å²) in [6.45, 7) is 11.0. The summed E-state index contributed by atoms with van der Waals surface area (Å²) in [6.07, 6.45) is 1.77. The van der Waals surface area contributed by atoms with E-state index in [9.17, 15) is 4.79 Å². The Balaban J connectivity index is 0. The van der Waals surface area contributed by atoms with E-state index in [-0.39, 0.29) is 29.1 Å². The summed E-state index contributed by atoms with van der Waals surface area (Å²) in [7, 11) is 0. The van der Waals surface area contributed by atoms with Crippen molar-refractivity contribution in [1.29, 1.82) is 0 Å². The summed E-state index contributed by atoms with van der Waals surface area (Å²) in [5.41, 5.74) is 5.92. The summed E-state index contributed by atoms with van der Waals surface area (Å²) < 4.78 is 0. The first kappa shape index (κ1) is 20.4. The van der Waals surface area contributed by atoms with Gasteiger partial charge in [0.25, 0.3) is 0 Å². The minimum absolute atomic E-state index is 0. The summed E-state index contributed by atoms with van der Waals surface area (Å²) >= 11 is 1.71. The quantitative estimate of drug-likeness (QED) is 0.724. The molecule has 3 nitrogen and oxygen atoms in total. The van der Waals surface area contributed by atoms with Crippen LogP contribution in [0.3, 0.4) is 0 Å². The second-order valence-corrected chi connectivity index (χ2v) is 6.33. The van der Waals surface area contributed by atoms with Gasteiger partial charge in [-0.05, 0) is 24.5 Å². The molecule has 0 aliphatic carbocycles. The van der Waals surface area contributed by atoms with Gasteiger partial charge in [0, 0.05) is 12.1 Å². The van der Waals surface area contributed by atoms with Gasteiger partial charge in [-0.2, -0.15) is 0 Å². The Hall–Kier alpha value is 0.0700. The number of rotatable bonds is 8. The molecular weight excluding hydrogens is 268 g/mol. The van der Waals surface area contributed by atoms with Crippen LogP contribution in [-0.4, -0.2) is 29.0 Å². The highest BCUT2D eigenvalue weighted by molar-refractivity contribution is 8.00. The predicted molar refractivity (Wildman–Crippen MR) is 84.5 cm³/mol. The van der Waals surface area contributed by atoms with Crippen LogP contribution in [0.5, 0.6) is 0 Å². The maximum Gasteiger partial charge on any atom is 0.233 e. The highest BCUT2D eigenvalue weighted by atomic mass is 35.5. The van der Waals surface area contributed by atoms with E-state index in [0.29, 0.717) is 12.5 Å². The normalized spacial score (nSPS) is 13.1. The topological polar surface area (TPSA) is 55.1 Å². The van der Waals surface area contributed by atoms with Crippen molar-refractivity contribution in [3.8, 4) is 0 Å². The molecule has 0 rings (SSSR count). The predicted octanol–water partition coefficient (Wildman–Crippen LogP) is 2.82. The molecule has 0 aromatic heterocycles. The molecule has 0 spiro atoms. The van der Waals surface area contributed by atoms with Crippen LogP contribution in [0.15, 0.2) is 0 Å². The zero-order valence-corrected chi connectivity index (χ0v) is 13.9. The molecule has 0 saturated carbocycles. The minimum atomic E-state index is -0.256. The first-order valence-corrected chi connectivity index (χ1v) is 7.63. The number of carbonyl (C=O) groups excluding carboxylic acids is 1. The van der Waals surface area contributed by atoms with E-state index in [4.69, 9.17) is 5.73 Å². The summed E-state index contributed by atoms with van der Waals surface area (Å²) in [5, 5.41) is 3.05. The molecule has 0 aromatic rings. The first-order chi connectivity index (χ1) is 7.90. The van der Waals surface area contributed by atoms with Crippen molar-refractivity contribution in [2.24, 2.45) is 11.7 Å². The lowest BCUT2D eigenvalue weighted by atomic mass is 9.94. The van der Waals surface area contributed by atoms with Gasteiger partial charge in [0.1, 0.15) is 0 Å². The average Bonchev–Trinajstić information content (AvgIpc) is 2.32. The SMILES string of the molecule is CCSC(C(=O)NCC(N)(CC)CC)C(C)C.Cl. The van der Waals surface area contributed by atoms with Gasteiger partial charge in [-0.3, -0.25) is 4.79 Å². The third-order valence-corrected chi connectivity index (χ3v) is 4.68. The van der Waals surface area contributed by atoms with Gasteiger partial charge in [0.05, 0.1) is 5.25 Å². The van der Waals surface area contributed by atoms with E-state index in [1.54, 1.807) is 11.8 Å². The van der Waals surface area contributed by atoms with E-state index in [0.717, 1.165) is 18.6 Å². The zero-order chi connectivity index (χ0) is 13.5. The molecular formula is C13H29ClN2OS. The van der Waals surface area contributed by atoms with Crippen molar-refractivity contribution in [3.63, 3.8) is 0 Å². The van der Waals surface area contributed by atoms with Crippen LogP contribution in [-0.2, 0) is 4.79 Å². The Morgan fingerprint density at radius 3 is 2.11 bits per heavy atom. The minimum Gasteiger partial charge on any atom is -0.353 e. The number of halogens is 1. The Kier molecular flexibility index (Phi) is 11.2. The van der Waals surface area contributed by atoms with Gasteiger partial charge >= 0.3 is 0 Å². The third-order valence-electron chi connectivity index (χ3n) is 3.23. The molecule has 0 aromatic carbocycles. The molecule has 3 N–H and O–H groups in total. The standard InChI is InChI=1S/C13H28N2OS.ClH/c1-6-13(14,7-2)9-15-12(16)11(10(4)5)17-8-3;/h10-11H,6-9,14H2,1-5H3,(H,15,16);1H. The lowest BCUT2D eigenvalue weighted by Crippen LogP contribution is -2.51. The molecule has 110 valence electrons. The van der Waals surface area contributed by atoms with Crippen LogP contribution < -0.4 is 11.1 Å². The number of amides is 1. The molecule has 0 aliphatic rings. The first-order valence-electron chi connectivity index (χ1n) is 6.58. The fourth-order valence-electron chi connectivity index (χ4n) is 1.61. The van der Waals surface area contributed by atoms with Crippen LogP contribution >= 0.6 is 24.2 Å². The van der Waals surface area contributed by atoms with Gasteiger partial charge in [0.2, 0.25) is 5.91 Å². The van der Waals surface area contributed by atoms with Gasteiger partial charge in [-0.25, -0.2) is 0 Å². The average molecular weight is 297 g/mol. The smallest absolute Gasteiger partial charge is 0.233 e. The number of thioether (sulfide) groups is 1. The molecule has 0 radical (unpaired) electrons. The molecule has 0 saturated heterocycles. The summed E-state index contributed by atoms with van der Waals surface area (Å²) in [5.74, 6) is 1.45. The molecule has 0 heterocycles. The lowest BCUT2D eigenvalue weighted by molar-refractivity contribution is -0.121. The van der Waals surface area contributed by atoms with Crippen molar-refractivity contribution >= 4 is 30.1 Å². The number of hydrogen-bond donors (Lipinski definition) is 2. The van der Waals surface area contributed by atoms with Crippen molar-refractivity contribution in [2.75, 3.05) is 12.3 Å². The highest BCUT2D eigenvalue weighted by Gasteiger charge is 2.25. The Morgan fingerprint density at radius 1 is 1.28 bits per heavy atom. The molecule has 5 heteroatoms. The van der Waals surface area contributed by atoms with E-state index in [1.165, 1.54) is 0 Å². The van der Waals surface area contributed by atoms with Crippen LogP contribution in [0.2, 0.25) is 0 Å². The van der Waals surface area contributed by atoms with Gasteiger partial charge in [-0.15, -0.1) is 24.2 Å². The lowest BCUT2D eigenvalue weighted by Gasteiger charge is -2.28. The van der Waals surface area contributed by atoms with Crippen LogP contribution in [0.25, 0.3) is 0 Å². The number of carbonyl (C=O) groups is 1. The Labute approximate surface area is 122 Å². The Bertz CT molecular complexity index is 233. The van der Waals surface area contributed by atoms with Crippen LogP contribution in [0, 0.1) is 5.92 Å². The summed E-state index contributed by atoms with van der Waals surface area (Å²) in [6, 6.07) is 0. The van der Waals surface area contributed by atoms with Crippen molar-refractivity contribution in [2.45, 2.75) is 58.2 Å². The molecule has 0 fully saturated rings. The third kappa shape index (κ3) is 6.86. The summed E-state index contributed by atoms with van der Waals surface area (Å²) in [4.78, 5) is 12.1. The second kappa shape index (κ2) is 9.93. The largest absolute Gasteiger partial charge is 0.353 e. The van der Waals surface area contributed by atoms with E-state index < -0.39 is 0 Å². The van der Waals surface area contributed by atoms with Crippen LogP contribution in [0.1, 0.15) is 47.5 Å². The molecule has 0 bridgehead atoms.